The Bertz CT molecular complexity index is 521. The second-order valence-electron chi connectivity index (χ2n) is 2.72. The number of aliphatic hydroxyl groups excluding tert-OH is 1. The van der Waals surface area contributed by atoms with Crippen LogP contribution in [0.1, 0.15) is 5.56 Å². The van der Waals surface area contributed by atoms with Crippen molar-refractivity contribution in [2.24, 2.45) is 0 Å². The maximum absolute atomic E-state index is 12.8. The van der Waals surface area contributed by atoms with Crippen LogP contribution in [0.25, 0.3) is 5.76 Å². The first kappa shape index (κ1) is 9.01. The summed E-state index contributed by atoms with van der Waals surface area (Å²) in [4.78, 5) is -0.157. The minimum absolute atomic E-state index is 0.0799. The van der Waals surface area contributed by atoms with Crippen molar-refractivity contribution in [1.82, 2.24) is 4.72 Å². The van der Waals surface area contributed by atoms with Crippen LogP contribution in [0.2, 0.25) is 0 Å². The standard InChI is InChI=1S/C8H5FNO3S/c9-5-1-2-8-6(3-5)7(11)4-10-14(8,12)13/h1-3,10-11H. The molecule has 0 bridgehead atoms. The quantitative estimate of drug-likeness (QED) is 0.670. The molecule has 0 fully saturated rings. The third-order valence-corrected chi connectivity index (χ3v) is 3.10. The Hall–Kier alpha value is -1.56. The zero-order valence-electron chi connectivity index (χ0n) is 6.78. The third-order valence-electron chi connectivity index (χ3n) is 1.79. The number of nitrogens with one attached hydrogen (secondary N) is 1. The Labute approximate surface area is 79.7 Å². The third kappa shape index (κ3) is 1.24. The number of hydrogen-bond acceptors (Lipinski definition) is 3. The molecule has 0 unspecified atom stereocenters. The van der Waals surface area contributed by atoms with E-state index in [2.05, 4.69) is 0 Å². The summed E-state index contributed by atoms with van der Waals surface area (Å²) < 4.78 is 37.3. The summed E-state index contributed by atoms with van der Waals surface area (Å²) in [5.74, 6) is -1.04. The fourth-order valence-corrected chi connectivity index (χ4v) is 2.19. The Morgan fingerprint density at radius 3 is 2.86 bits per heavy atom. The molecule has 0 aliphatic carbocycles. The molecule has 1 aromatic rings. The minimum atomic E-state index is -3.70. The Balaban J connectivity index is 2.78. The highest BCUT2D eigenvalue weighted by Gasteiger charge is 2.24. The predicted octanol–water partition coefficient (Wildman–Crippen LogP) is 0.777. The van der Waals surface area contributed by atoms with E-state index < -0.39 is 21.6 Å². The van der Waals surface area contributed by atoms with Gasteiger partial charge in [0.1, 0.15) is 12.0 Å². The van der Waals surface area contributed by atoms with Crippen LogP contribution < -0.4 is 4.72 Å². The molecule has 1 aromatic carbocycles. The maximum atomic E-state index is 12.8. The summed E-state index contributed by atoms with van der Waals surface area (Å²) >= 11 is 0. The van der Waals surface area contributed by atoms with Crippen LogP contribution in [0.15, 0.2) is 23.1 Å². The number of halogens is 1. The van der Waals surface area contributed by atoms with Crippen LogP contribution in [0.4, 0.5) is 4.39 Å². The smallest absolute Gasteiger partial charge is 0.262 e. The minimum Gasteiger partial charge on any atom is -0.505 e. The van der Waals surface area contributed by atoms with Crippen molar-refractivity contribution < 1.29 is 17.9 Å². The first-order valence-electron chi connectivity index (χ1n) is 3.64. The lowest BCUT2D eigenvalue weighted by Crippen LogP contribution is -2.24. The number of sulfonamides is 1. The molecule has 2 rings (SSSR count). The van der Waals surface area contributed by atoms with E-state index in [9.17, 15) is 17.9 Å². The largest absolute Gasteiger partial charge is 0.505 e. The van der Waals surface area contributed by atoms with E-state index in [-0.39, 0.29) is 10.5 Å². The molecule has 0 saturated carbocycles. The van der Waals surface area contributed by atoms with Crippen LogP contribution in [-0.2, 0) is 10.0 Å². The fourth-order valence-electron chi connectivity index (χ4n) is 1.16. The van der Waals surface area contributed by atoms with Gasteiger partial charge in [0.15, 0.2) is 5.76 Å². The molecular formula is C8H5FNO3S. The first-order chi connectivity index (χ1) is 6.50. The zero-order chi connectivity index (χ0) is 10.3. The average Bonchev–Trinajstić information content (AvgIpc) is 2.12. The van der Waals surface area contributed by atoms with Gasteiger partial charge in [-0.3, -0.25) is 4.72 Å². The number of hydrogen-bond donors (Lipinski definition) is 2. The lowest BCUT2D eigenvalue weighted by Gasteiger charge is -2.14. The van der Waals surface area contributed by atoms with Crippen molar-refractivity contribution in [3.63, 3.8) is 0 Å². The fraction of sp³-hybridized carbons (Fsp3) is 0. The second-order valence-corrected chi connectivity index (χ2v) is 4.37. The second kappa shape index (κ2) is 2.71. The monoisotopic (exact) mass is 214 g/mol. The number of rotatable bonds is 0. The van der Waals surface area contributed by atoms with Gasteiger partial charge < -0.3 is 5.11 Å². The molecule has 0 atom stereocenters. The van der Waals surface area contributed by atoms with Crippen molar-refractivity contribution >= 4 is 15.8 Å². The van der Waals surface area contributed by atoms with Gasteiger partial charge in [-0.05, 0) is 18.2 Å². The Morgan fingerprint density at radius 2 is 2.14 bits per heavy atom. The van der Waals surface area contributed by atoms with Gasteiger partial charge in [0.25, 0.3) is 10.0 Å². The molecule has 6 heteroatoms. The summed E-state index contributed by atoms with van der Waals surface area (Å²) in [6, 6.07) is 3.04. The van der Waals surface area contributed by atoms with Gasteiger partial charge in [0.2, 0.25) is 0 Å². The van der Waals surface area contributed by atoms with Gasteiger partial charge in [-0.15, -0.1) is 0 Å². The molecule has 2 N–H and O–H groups in total. The van der Waals surface area contributed by atoms with E-state index in [0.29, 0.717) is 0 Å². The summed E-state index contributed by atoms with van der Waals surface area (Å²) in [6.45, 7) is 0. The van der Waals surface area contributed by atoms with E-state index in [1.54, 1.807) is 0 Å². The van der Waals surface area contributed by atoms with Gasteiger partial charge in [0.05, 0.1) is 4.90 Å². The molecule has 0 saturated heterocycles. The van der Waals surface area contributed by atoms with Crippen LogP contribution in [0.5, 0.6) is 0 Å². The normalized spacial score (nSPS) is 17.9. The molecule has 0 aromatic heterocycles. The predicted molar refractivity (Wildman–Crippen MR) is 46.0 cm³/mol. The van der Waals surface area contributed by atoms with Gasteiger partial charge in [-0.1, -0.05) is 0 Å². The number of aliphatic hydroxyl groups is 1. The Kier molecular flexibility index (Phi) is 1.75. The van der Waals surface area contributed by atoms with Crippen LogP contribution in [-0.4, -0.2) is 13.5 Å². The van der Waals surface area contributed by atoms with Crippen molar-refractivity contribution in [2.75, 3.05) is 0 Å². The van der Waals surface area contributed by atoms with Gasteiger partial charge >= 0.3 is 0 Å². The highest BCUT2D eigenvalue weighted by molar-refractivity contribution is 7.89. The molecule has 1 aliphatic heterocycles. The van der Waals surface area contributed by atoms with Gasteiger partial charge in [-0.25, -0.2) is 12.8 Å². The molecule has 4 nitrogen and oxygen atoms in total. The van der Waals surface area contributed by atoms with Crippen molar-refractivity contribution in [2.45, 2.75) is 4.90 Å². The van der Waals surface area contributed by atoms with Crippen molar-refractivity contribution in [1.29, 1.82) is 0 Å². The summed E-state index contributed by atoms with van der Waals surface area (Å²) in [5.41, 5.74) is -0.0799. The molecule has 0 spiro atoms. The van der Waals surface area contributed by atoms with Gasteiger partial charge in [-0.2, -0.15) is 0 Å². The van der Waals surface area contributed by atoms with E-state index in [4.69, 9.17) is 0 Å². The molecule has 14 heavy (non-hydrogen) atoms. The molecular weight excluding hydrogens is 209 g/mol. The van der Waals surface area contributed by atoms with Crippen LogP contribution in [0, 0.1) is 12.0 Å². The lowest BCUT2D eigenvalue weighted by molar-refractivity contribution is 0.498. The Morgan fingerprint density at radius 1 is 1.43 bits per heavy atom. The summed E-state index contributed by atoms with van der Waals surface area (Å²) in [6.07, 6.45) is 2.02. The highest BCUT2D eigenvalue weighted by atomic mass is 32.2. The number of benzene rings is 1. The maximum Gasteiger partial charge on any atom is 0.262 e. The van der Waals surface area contributed by atoms with E-state index in [1.165, 1.54) is 0 Å². The van der Waals surface area contributed by atoms with Crippen LogP contribution in [0.3, 0.4) is 0 Å². The molecule has 73 valence electrons. The van der Waals surface area contributed by atoms with Crippen molar-refractivity contribution in [3.05, 3.63) is 35.8 Å². The summed E-state index contributed by atoms with van der Waals surface area (Å²) in [5, 5.41) is 9.23. The van der Waals surface area contributed by atoms with Crippen molar-refractivity contribution in [3.8, 4) is 0 Å². The molecule has 1 heterocycles. The van der Waals surface area contributed by atoms with E-state index >= 15 is 0 Å². The van der Waals surface area contributed by atoms with Gasteiger partial charge in [0, 0.05) is 5.56 Å². The summed E-state index contributed by atoms with van der Waals surface area (Å²) in [7, 11) is -3.70. The zero-order valence-corrected chi connectivity index (χ0v) is 7.60. The number of fused-ring (bicyclic) bond motifs is 1. The van der Waals surface area contributed by atoms with E-state index in [1.807, 2.05) is 10.9 Å². The molecule has 1 aliphatic rings. The topological polar surface area (TPSA) is 66.4 Å². The van der Waals surface area contributed by atoms with E-state index in [0.717, 1.165) is 18.2 Å². The van der Waals surface area contributed by atoms with Crippen LogP contribution >= 0.6 is 0 Å². The molecule has 1 radical (unpaired) electrons. The first-order valence-corrected chi connectivity index (χ1v) is 5.13. The SMILES string of the molecule is O=S1(=O)N[C]=C(O)c2cc(F)ccc21. The average molecular weight is 214 g/mol. The highest BCUT2D eigenvalue weighted by Crippen LogP contribution is 2.25. The lowest BCUT2D eigenvalue weighted by atomic mass is 10.2. The molecule has 0 amide bonds.